The Kier molecular flexibility index (Phi) is 2.84. The molecule has 19 heavy (non-hydrogen) atoms. The zero-order chi connectivity index (χ0) is 13.4. The van der Waals surface area contributed by atoms with E-state index in [1.165, 1.54) is 17.4 Å². The van der Waals surface area contributed by atoms with Gasteiger partial charge in [0, 0.05) is 4.88 Å². The first kappa shape index (κ1) is 11.9. The Bertz CT molecular complexity index is 627. The predicted molar refractivity (Wildman–Crippen MR) is 69.6 cm³/mol. The number of fused-ring (bicyclic) bond motifs is 1. The van der Waals surface area contributed by atoms with Crippen molar-refractivity contribution in [3.63, 3.8) is 0 Å². The van der Waals surface area contributed by atoms with Gasteiger partial charge in [0.05, 0.1) is 22.6 Å². The fraction of sp³-hybridized carbons (Fsp3) is 0.167. The molecular formula is C12H10N2O4S. The third-order valence-corrected chi connectivity index (χ3v) is 3.86. The van der Waals surface area contributed by atoms with Gasteiger partial charge in [-0.2, -0.15) is 0 Å². The molecule has 98 valence electrons. The fourth-order valence-electron chi connectivity index (χ4n) is 1.98. The van der Waals surface area contributed by atoms with Gasteiger partial charge in [0.15, 0.2) is 11.5 Å². The molecule has 1 aliphatic heterocycles. The molecule has 2 N–H and O–H groups in total. The topological polar surface area (TPSA) is 87.6 Å². The molecule has 7 heteroatoms. The van der Waals surface area contributed by atoms with Gasteiger partial charge in [-0.1, -0.05) is 6.07 Å². The third kappa shape index (κ3) is 2.02. The van der Waals surface area contributed by atoms with E-state index in [2.05, 4.69) is 0 Å². The Morgan fingerprint density at radius 1 is 1.37 bits per heavy atom. The molecule has 1 aromatic heterocycles. The molecular weight excluding hydrogens is 268 g/mol. The van der Waals surface area contributed by atoms with Crippen molar-refractivity contribution in [3.05, 3.63) is 50.2 Å². The standard InChI is InChI=1S/C12H10N2O4S/c13-12(11-2-1-3-19-11)7-4-9-10(18-6-17-9)5-8(7)14(15)16/h1-5,12H,6,13H2/t12-/m1/s1. The fourth-order valence-corrected chi connectivity index (χ4v) is 2.72. The summed E-state index contributed by atoms with van der Waals surface area (Å²) in [6, 6.07) is 6.12. The average molecular weight is 278 g/mol. The molecule has 0 saturated heterocycles. The summed E-state index contributed by atoms with van der Waals surface area (Å²) >= 11 is 1.46. The number of nitro benzene ring substituents is 1. The zero-order valence-corrected chi connectivity index (χ0v) is 10.6. The maximum absolute atomic E-state index is 11.2. The Morgan fingerprint density at radius 2 is 2.11 bits per heavy atom. The highest BCUT2D eigenvalue weighted by molar-refractivity contribution is 7.10. The third-order valence-electron chi connectivity index (χ3n) is 2.90. The molecule has 0 saturated carbocycles. The minimum Gasteiger partial charge on any atom is -0.454 e. The van der Waals surface area contributed by atoms with E-state index in [1.807, 2.05) is 17.5 Å². The summed E-state index contributed by atoms with van der Waals surface area (Å²) in [6.07, 6.45) is 0. The summed E-state index contributed by atoms with van der Waals surface area (Å²) in [4.78, 5) is 11.6. The van der Waals surface area contributed by atoms with Gasteiger partial charge in [-0.25, -0.2) is 0 Å². The molecule has 0 unspecified atom stereocenters. The van der Waals surface area contributed by atoms with Crippen LogP contribution in [0.3, 0.4) is 0 Å². The average Bonchev–Trinajstić information content (AvgIpc) is 3.06. The molecule has 0 bridgehead atoms. The molecule has 2 heterocycles. The molecule has 6 nitrogen and oxygen atoms in total. The number of thiophene rings is 1. The molecule has 0 spiro atoms. The van der Waals surface area contributed by atoms with Crippen LogP contribution in [-0.4, -0.2) is 11.7 Å². The SMILES string of the molecule is N[C@@H](c1cccs1)c1cc2c(cc1[N+](=O)[O-])OCO2. The highest BCUT2D eigenvalue weighted by Crippen LogP contribution is 2.41. The summed E-state index contributed by atoms with van der Waals surface area (Å²) in [7, 11) is 0. The van der Waals surface area contributed by atoms with Crippen molar-refractivity contribution in [2.45, 2.75) is 6.04 Å². The van der Waals surface area contributed by atoms with Crippen LogP contribution in [0.15, 0.2) is 29.6 Å². The van der Waals surface area contributed by atoms with Gasteiger partial charge >= 0.3 is 0 Å². The van der Waals surface area contributed by atoms with Crippen molar-refractivity contribution < 1.29 is 14.4 Å². The molecule has 0 amide bonds. The van der Waals surface area contributed by atoms with Crippen molar-refractivity contribution in [1.82, 2.24) is 0 Å². The highest BCUT2D eigenvalue weighted by atomic mass is 32.1. The van der Waals surface area contributed by atoms with Gasteiger partial charge < -0.3 is 15.2 Å². The summed E-state index contributed by atoms with van der Waals surface area (Å²) in [5.74, 6) is 0.876. The first-order chi connectivity index (χ1) is 9.16. The molecule has 2 aromatic rings. The number of hydrogen-bond donors (Lipinski definition) is 1. The van der Waals surface area contributed by atoms with Crippen LogP contribution in [0.25, 0.3) is 0 Å². The molecule has 1 aromatic carbocycles. The largest absolute Gasteiger partial charge is 0.454 e. The van der Waals surface area contributed by atoms with Crippen LogP contribution in [0.1, 0.15) is 16.5 Å². The van der Waals surface area contributed by atoms with Crippen LogP contribution in [0, 0.1) is 10.1 Å². The first-order valence-electron chi connectivity index (χ1n) is 5.53. The van der Waals surface area contributed by atoms with Crippen molar-refractivity contribution in [3.8, 4) is 11.5 Å². The van der Waals surface area contributed by atoms with Crippen molar-refractivity contribution in [1.29, 1.82) is 0 Å². The lowest BCUT2D eigenvalue weighted by atomic mass is 10.0. The van der Waals surface area contributed by atoms with Gasteiger partial charge in [-0.05, 0) is 17.5 Å². The summed E-state index contributed by atoms with van der Waals surface area (Å²) in [5, 5.41) is 13.0. The van der Waals surface area contributed by atoms with E-state index in [1.54, 1.807) is 6.07 Å². The van der Waals surface area contributed by atoms with Gasteiger partial charge in [-0.3, -0.25) is 10.1 Å². The number of rotatable bonds is 3. The predicted octanol–water partition coefficient (Wildman–Crippen LogP) is 2.43. The molecule has 1 aliphatic rings. The van der Waals surface area contributed by atoms with Crippen LogP contribution < -0.4 is 15.2 Å². The monoisotopic (exact) mass is 278 g/mol. The van der Waals surface area contributed by atoms with Gasteiger partial charge in [0.25, 0.3) is 5.69 Å². The second kappa shape index (κ2) is 4.52. The second-order valence-electron chi connectivity index (χ2n) is 4.01. The number of hydrogen-bond acceptors (Lipinski definition) is 6. The van der Waals surface area contributed by atoms with Crippen LogP contribution in [0.2, 0.25) is 0 Å². The van der Waals surface area contributed by atoms with Gasteiger partial charge in [-0.15, -0.1) is 11.3 Å². The minimum atomic E-state index is -0.546. The quantitative estimate of drug-likeness (QED) is 0.688. The van der Waals surface area contributed by atoms with E-state index in [-0.39, 0.29) is 12.5 Å². The zero-order valence-electron chi connectivity index (χ0n) is 9.74. The molecule has 3 rings (SSSR count). The molecule has 0 fully saturated rings. The van der Waals surface area contributed by atoms with E-state index in [4.69, 9.17) is 15.2 Å². The number of benzene rings is 1. The lowest BCUT2D eigenvalue weighted by Gasteiger charge is -2.11. The van der Waals surface area contributed by atoms with Crippen LogP contribution in [-0.2, 0) is 0 Å². The number of ether oxygens (including phenoxy) is 2. The summed E-state index contributed by atoms with van der Waals surface area (Å²) in [5.41, 5.74) is 6.48. The number of nitro groups is 1. The van der Waals surface area contributed by atoms with Crippen molar-refractivity contribution >= 4 is 17.0 Å². The normalized spacial score (nSPS) is 14.4. The van der Waals surface area contributed by atoms with E-state index in [0.717, 1.165) is 4.88 Å². The van der Waals surface area contributed by atoms with Crippen molar-refractivity contribution in [2.24, 2.45) is 5.73 Å². The first-order valence-corrected chi connectivity index (χ1v) is 6.41. The Labute approximate surface area is 112 Å². The molecule has 0 aliphatic carbocycles. The molecule has 1 atom stereocenters. The van der Waals surface area contributed by atoms with Crippen LogP contribution in [0.4, 0.5) is 5.69 Å². The maximum Gasteiger partial charge on any atom is 0.278 e. The van der Waals surface area contributed by atoms with E-state index in [9.17, 15) is 10.1 Å². The summed E-state index contributed by atoms with van der Waals surface area (Å²) < 4.78 is 10.4. The van der Waals surface area contributed by atoms with E-state index < -0.39 is 11.0 Å². The van der Waals surface area contributed by atoms with E-state index in [0.29, 0.717) is 17.1 Å². The maximum atomic E-state index is 11.2. The summed E-state index contributed by atoms with van der Waals surface area (Å²) in [6.45, 7) is 0.0736. The number of nitrogens with two attached hydrogens (primary N) is 1. The Morgan fingerprint density at radius 3 is 2.74 bits per heavy atom. The second-order valence-corrected chi connectivity index (χ2v) is 4.99. The lowest BCUT2D eigenvalue weighted by molar-refractivity contribution is -0.385. The highest BCUT2D eigenvalue weighted by Gasteiger charge is 2.27. The van der Waals surface area contributed by atoms with Crippen molar-refractivity contribution in [2.75, 3.05) is 6.79 Å². The minimum absolute atomic E-state index is 0.0508. The lowest BCUT2D eigenvalue weighted by Crippen LogP contribution is -2.12. The molecule has 0 radical (unpaired) electrons. The Balaban J connectivity index is 2.11. The van der Waals surface area contributed by atoms with E-state index >= 15 is 0 Å². The number of nitrogens with zero attached hydrogens (tertiary/aromatic N) is 1. The van der Waals surface area contributed by atoms with Crippen LogP contribution >= 0.6 is 11.3 Å². The smallest absolute Gasteiger partial charge is 0.278 e. The van der Waals surface area contributed by atoms with Gasteiger partial charge in [0.2, 0.25) is 6.79 Å². The van der Waals surface area contributed by atoms with Crippen LogP contribution in [0.5, 0.6) is 11.5 Å². The van der Waals surface area contributed by atoms with Gasteiger partial charge in [0.1, 0.15) is 0 Å². The Hall–Kier alpha value is -2.12.